The molecule has 0 bridgehead atoms. The number of hydrogen-bond acceptors (Lipinski definition) is 5. The summed E-state index contributed by atoms with van der Waals surface area (Å²) in [5.41, 5.74) is 19.8. The van der Waals surface area contributed by atoms with E-state index in [1.54, 1.807) is 0 Å². The average molecular weight is 885 g/mol. The molecule has 0 aliphatic carbocycles. The van der Waals surface area contributed by atoms with Crippen molar-refractivity contribution >= 4 is 21.8 Å². The Morgan fingerprint density at radius 3 is 1.07 bits per heavy atom. The molecule has 0 spiro atoms. The number of fused-ring (bicyclic) bond motifs is 3. The van der Waals surface area contributed by atoms with Gasteiger partial charge in [0.2, 0.25) is 0 Å². The van der Waals surface area contributed by atoms with Crippen molar-refractivity contribution in [3.8, 4) is 96.5 Å². The molecular formula is C63H44N6. The van der Waals surface area contributed by atoms with Gasteiger partial charge in [0, 0.05) is 38.6 Å². The maximum Gasteiger partial charge on any atom is 0.164 e. The van der Waals surface area contributed by atoms with Crippen LogP contribution in [-0.4, -0.2) is 19.5 Å². The Kier molecular flexibility index (Phi) is 10.8. The fourth-order valence-electron chi connectivity index (χ4n) is 9.74. The molecule has 0 aliphatic rings. The summed E-state index contributed by atoms with van der Waals surface area (Å²) >= 11 is 0. The molecular weight excluding hydrogens is 841 g/mol. The van der Waals surface area contributed by atoms with E-state index in [0.29, 0.717) is 28.6 Å². The number of hydrogen-bond donors (Lipinski definition) is 0. The van der Waals surface area contributed by atoms with E-state index in [1.165, 1.54) is 33.4 Å². The Labute approximate surface area is 401 Å². The summed E-state index contributed by atoms with van der Waals surface area (Å²) in [4.78, 5) is 15.4. The second-order valence-electron chi connectivity index (χ2n) is 17.9. The van der Waals surface area contributed by atoms with Crippen LogP contribution in [0.2, 0.25) is 0 Å². The molecule has 6 heteroatoms. The Morgan fingerprint density at radius 2 is 0.696 bits per heavy atom. The first-order valence-corrected chi connectivity index (χ1v) is 23.0. The summed E-state index contributed by atoms with van der Waals surface area (Å²) < 4.78 is 2.39. The van der Waals surface area contributed by atoms with Crippen molar-refractivity contribution in [2.75, 3.05) is 0 Å². The fourth-order valence-corrected chi connectivity index (χ4v) is 9.74. The summed E-state index contributed by atoms with van der Waals surface area (Å²) in [7, 11) is 0. The molecule has 0 aliphatic heterocycles. The van der Waals surface area contributed by atoms with Crippen LogP contribution in [0.15, 0.2) is 194 Å². The molecule has 0 saturated heterocycles. The van der Waals surface area contributed by atoms with E-state index < -0.39 is 0 Å². The van der Waals surface area contributed by atoms with Gasteiger partial charge in [-0.25, -0.2) is 15.0 Å². The first-order chi connectivity index (χ1) is 33.7. The van der Waals surface area contributed by atoms with Crippen LogP contribution in [-0.2, 0) is 0 Å². The molecule has 0 amide bonds. The fraction of sp³-hybridized carbons (Fsp3) is 0.0635. The lowest BCUT2D eigenvalue weighted by Gasteiger charge is -2.21. The Balaban J connectivity index is 1.26. The van der Waals surface area contributed by atoms with Crippen LogP contribution < -0.4 is 0 Å². The van der Waals surface area contributed by atoms with Gasteiger partial charge in [-0.05, 0) is 122 Å². The quantitative estimate of drug-likeness (QED) is 0.152. The number of nitrogens with zero attached hydrogens (tertiary/aromatic N) is 6. The summed E-state index contributed by atoms with van der Waals surface area (Å²) in [5.74, 6) is 1.63. The lowest BCUT2D eigenvalue weighted by Crippen LogP contribution is -2.04. The van der Waals surface area contributed by atoms with Gasteiger partial charge < -0.3 is 4.57 Å². The number of aromatic nitrogens is 4. The highest BCUT2D eigenvalue weighted by Gasteiger charge is 2.24. The van der Waals surface area contributed by atoms with Crippen LogP contribution in [0.4, 0.5) is 0 Å². The third kappa shape index (κ3) is 8.12. The number of nitriles is 2. The summed E-state index contributed by atoms with van der Waals surface area (Å²) in [6.07, 6.45) is 0. The predicted molar refractivity (Wildman–Crippen MR) is 281 cm³/mol. The zero-order valence-electron chi connectivity index (χ0n) is 38.7. The summed E-state index contributed by atoms with van der Waals surface area (Å²) in [6.45, 7) is 8.60. The lowest BCUT2D eigenvalue weighted by molar-refractivity contribution is 1.07. The van der Waals surface area contributed by atoms with E-state index in [2.05, 4.69) is 129 Å². The highest BCUT2D eigenvalue weighted by molar-refractivity contribution is 6.13. The van der Waals surface area contributed by atoms with Crippen molar-refractivity contribution in [3.05, 3.63) is 228 Å². The minimum absolute atomic E-state index is 0.512. The Morgan fingerprint density at radius 1 is 0.333 bits per heavy atom. The van der Waals surface area contributed by atoms with E-state index in [0.717, 1.165) is 77.6 Å². The first-order valence-electron chi connectivity index (χ1n) is 23.0. The molecule has 2 aromatic heterocycles. The molecule has 11 rings (SSSR count). The molecule has 2 heterocycles. The van der Waals surface area contributed by atoms with Crippen molar-refractivity contribution in [2.45, 2.75) is 27.7 Å². The maximum absolute atomic E-state index is 9.98. The number of benzene rings is 9. The average Bonchev–Trinajstić information content (AvgIpc) is 3.70. The van der Waals surface area contributed by atoms with Gasteiger partial charge in [-0.2, -0.15) is 10.5 Å². The standard InChI is InChI=1S/C63H44N6/c1-39-27-40(2)30-51(29-39)49-23-25-58-56(33-49)57-34-50(52-31-41(3)28-42(4)32-52)24-26-59(57)69(58)60-54(45-19-15-43(37-64)16-20-45)35-53(36-55(60)46-21-17-44(38-65)18-22-46)63-67-61(47-11-7-5-8-12-47)66-62(68-63)48-13-9-6-10-14-48/h5-36H,1-4H3. The Hall–Kier alpha value is -9.23. The van der Waals surface area contributed by atoms with Crippen molar-refractivity contribution < 1.29 is 0 Å². The second kappa shape index (κ2) is 17.5. The van der Waals surface area contributed by atoms with E-state index in [-0.39, 0.29) is 0 Å². The van der Waals surface area contributed by atoms with Gasteiger partial charge in [-0.1, -0.05) is 156 Å². The van der Waals surface area contributed by atoms with Crippen molar-refractivity contribution in [1.29, 1.82) is 10.5 Å². The number of rotatable bonds is 8. The molecule has 0 saturated carbocycles. The molecule has 9 aromatic carbocycles. The van der Waals surface area contributed by atoms with Crippen LogP contribution in [0, 0.1) is 50.4 Å². The van der Waals surface area contributed by atoms with Gasteiger partial charge in [0.25, 0.3) is 0 Å². The topological polar surface area (TPSA) is 91.2 Å². The van der Waals surface area contributed by atoms with E-state index in [9.17, 15) is 10.5 Å². The maximum atomic E-state index is 9.98. The van der Waals surface area contributed by atoms with Gasteiger partial charge in [-0.15, -0.1) is 0 Å². The molecule has 11 aromatic rings. The summed E-state index contributed by atoms with van der Waals surface area (Å²) in [5, 5.41) is 22.2. The van der Waals surface area contributed by atoms with Gasteiger partial charge >= 0.3 is 0 Å². The van der Waals surface area contributed by atoms with Gasteiger partial charge in [0.15, 0.2) is 17.5 Å². The van der Waals surface area contributed by atoms with Crippen LogP contribution in [0.3, 0.4) is 0 Å². The Bertz CT molecular complexity index is 3590. The van der Waals surface area contributed by atoms with Crippen molar-refractivity contribution in [2.24, 2.45) is 0 Å². The smallest absolute Gasteiger partial charge is 0.164 e. The zero-order chi connectivity index (χ0) is 47.2. The predicted octanol–water partition coefficient (Wildman–Crippen LogP) is 15.6. The SMILES string of the molecule is Cc1cc(C)cc(-c2ccc3c(c2)c2cc(-c4cc(C)cc(C)c4)ccc2n3-c2c(-c3ccc(C#N)cc3)cc(-c3nc(-c4ccccc4)nc(-c4ccccc4)n3)cc2-c2ccc(C#N)cc2)c1. The molecule has 0 N–H and O–H groups in total. The van der Waals surface area contributed by atoms with Gasteiger partial charge in [0.1, 0.15) is 0 Å². The largest absolute Gasteiger partial charge is 0.308 e. The van der Waals surface area contributed by atoms with Gasteiger partial charge in [0.05, 0.1) is 40.0 Å². The van der Waals surface area contributed by atoms with Crippen molar-refractivity contribution in [3.63, 3.8) is 0 Å². The third-order valence-electron chi connectivity index (χ3n) is 12.8. The molecule has 6 nitrogen and oxygen atoms in total. The molecule has 69 heavy (non-hydrogen) atoms. The first kappa shape index (κ1) is 42.4. The molecule has 0 atom stereocenters. The van der Waals surface area contributed by atoms with Crippen LogP contribution in [0.5, 0.6) is 0 Å². The highest BCUT2D eigenvalue weighted by Crippen LogP contribution is 2.45. The van der Waals surface area contributed by atoms with E-state index >= 15 is 0 Å². The monoisotopic (exact) mass is 884 g/mol. The molecule has 326 valence electrons. The third-order valence-corrected chi connectivity index (χ3v) is 12.8. The van der Waals surface area contributed by atoms with Crippen LogP contribution in [0.25, 0.3) is 106 Å². The normalized spacial score (nSPS) is 11.2. The summed E-state index contributed by atoms with van der Waals surface area (Å²) in [6, 6.07) is 71.6. The van der Waals surface area contributed by atoms with E-state index in [1.807, 2.05) is 109 Å². The molecule has 0 radical (unpaired) electrons. The van der Waals surface area contributed by atoms with Crippen molar-refractivity contribution in [1.82, 2.24) is 19.5 Å². The minimum atomic E-state index is 0.512. The molecule has 0 fully saturated rings. The van der Waals surface area contributed by atoms with E-state index in [4.69, 9.17) is 15.0 Å². The minimum Gasteiger partial charge on any atom is -0.308 e. The highest BCUT2D eigenvalue weighted by atomic mass is 15.0. The zero-order valence-corrected chi connectivity index (χ0v) is 38.7. The van der Waals surface area contributed by atoms with Gasteiger partial charge in [-0.3, -0.25) is 0 Å². The number of aryl methyl sites for hydroxylation is 4. The lowest BCUT2D eigenvalue weighted by atomic mass is 9.91. The van der Waals surface area contributed by atoms with Crippen LogP contribution >= 0.6 is 0 Å². The molecule has 0 unspecified atom stereocenters. The van der Waals surface area contributed by atoms with Crippen LogP contribution in [0.1, 0.15) is 33.4 Å². The second-order valence-corrected chi connectivity index (χ2v) is 17.9.